The first kappa shape index (κ1) is 17.4. The summed E-state index contributed by atoms with van der Waals surface area (Å²) >= 11 is 0. The molecule has 2 aromatic carbocycles. The van der Waals surface area contributed by atoms with Crippen molar-refractivity contribution in [1.29, 1.82) is 0 Å². The van der Waals surface area contributed by atoms with E-state index in [0.29, 0.717) is 22.6 Å². The number of ether oxygens (including phenoxy) is 2. The molecule has 0 saturated carbocycles. The standard InChI is InChI=1S/C20H17FN2O3/c1-25-16-8-15(9-17(11-16)26-2)20(24)23-19-6-5-13(10-18(19)21)14-4-3-7-22-12-14/h3-12H,1-2H3,(H,23,24). The van der Waals surface area contributed by atoms with Gasteiger partial charge >= 0.3 is 0 Å². The Morgan fingerprint density at radius 3 is 2.31 bits per heavy atom. The van der Waals surface area contributed by atoms with Gasteiger partial charge in [-0.05, 0) is 35.9 Å². The van der Waals surface area contributed by atoms with Gasteiger partial charge in [0.15, 0.2) is 0 Å². The Labute approximate surface area is 150 Å². The van der Waals surface area contributed by atoms with Crippen molar-refractivity contribution in [3.63, 3.8) is 0 Å². The number of halogens is 1. The molecule has 3 aromatic rings. The third-order valence-electron chi connectivity index (χ3n) is 3.83. The van der Waals surface area contributed by atoms with Crippen LogP contribution in [0.1, 0.15) is 10.4 Å². The predicted molar refractivity (Wildman–Crippen MR) is 97.1 cm³/mol. The monoisotopic (exact) mass is 352 g/mol. The number of benzene rings is 2. The van der Waals surface area contributed by atoms with Crippen LogP contribution in [0.25, 0.3) is 11.1 Å². The summed E-state index contributed by atoms with van der Waals surface area (Å²) in [6.07, 6.45) is 3.30. The second-order valence-electron chi connectivity index (χ2n) is 5.49. The number of nitrogens with zero attached hydrogens (tertiary/aromatic N) is 1. The molecule has 1 amide bonds. The Bertz CT molecular complexity index is 907. The number of carbonyl (C=O) groups is 1. The summed E-state index contributed by atoms with van der Waals surface area (Å²) in [5, 5.41) is 2.57. The molecular formula is C20H17FN2O3. The summed E-state index contributed by atoms with van der Waals surface area (Å²) in [4.78, 5) is 16.5. The Kier molecular flexibility index (Phi) is 5.12. The Balaban J connectivity index is 1.84. The number of aromatic nitrogens is 1. The lowest BCUT2D eigenvalue weighted by atomic mass is 10.1. The maximum atomic E-state index is 14.4. The van der Waals surface area contributed by atoms with E-state index in [4.69, 9.17) is 9.47 Å². The molecule has 1 N–H and O–H groups in total. The number of pyridine rings is 1. The van der Waals surface area contributed by atoms with Crippen LogP contribution < -0.4 is 14.8 Å². The molecule has 0 fully saturated rings. The molecule has 0 atom stereocenters. The van der Waals surface area contributed by atoms with Gasteiger partial charge in [0.25, 0.3) is 5.91 Å². The molecule has 6 heteroatoms. The SMILES string of the molecule is COc1cc(OC)cc(C(=O)Nc2ccc(-c3cccnc3)cc2F)c1. The van der Waals surface area contributed by atoms with Crippen LogP contribution in [0.15, 0.2) is 60.9 Å². The topological polar surface area (TPSA) is 60.5 Å². The number of amides is 1. The number of hydrogen-bond donors (Lipinski definition) is 1. The summed E-state index contributed by atoms with van der Waals surface area (Å²) < 4.78 is 24.7. The first-order valence-corrected chi connectivity index (χ1v) is 7.85. The Hall–Kier alpha value is -3.41. The van der Waals surface area contributed by atoms with Gasteiger partial charge in [-0.25, -0.2) is 4.39 Å². The second kappa shape index (κ2) is 7.65. The molecular weight excluding hydrogens is 335 g/mol. The maximum Gasteiger partial charge on any atom is 0.256 e. The zero-order valence-corrected chi connectivity index (χ0v) is 14.3. The molecule has 0 aliphatic carbocycles. The smallest absolute Gasteiger partial charge is 0.256 e. The zero-order valence-electron chi connectivity index (χ0n) is 14.3. The predicted octanol–water partition coefficient (Wildman–Crippen LogP) is 4.16. The molecule has 1 aromatic heterocycles. The van der Waals surface area contributed by atoms with Crippen molar-refractivity contribution in [2.45, 2.75) is 0 Å². The first-order chi connectivity index (χ1) is 12.6. The fraction of sp³-hybridized carbons (Fsp3) is 0.100. The Morgan fingerprint density at radius 1 is 1.00 bits per heavy atom. The van der Waals surface area contributed by atoms with Crippen molar-refractivity contribution in [2.24, 2.45) is 0 Å². The van der Waals surface area contributed by atoms with Gasteiger partial charge in [0.2, 0.25) is 0 Å². The van der Waals surface area contributed by atoms with E-state index in [-0.39, 0.29) is 5.69 Å². The van der Waals surface area contributed by atoms with Gasteiger partial charge < -0.3 is 14.8 Å². The van der Waals surface area contributed by atoms with E-state index in [2.05, 4.69) is 10.3 Å². The number of hydrogen-bond acceptors (Lipinski definition) is 4. The van der Waals surface area contributed by atoms with E-state index in [1.54, 1.807) is 42.7 Å². The van der Waals surface area contributed by atoms with Crippen molar-refractivity contribution in [2.75, 3.05) is 19.5 Å². The van der Waals surface area contributed by atoms with E-state index >= 15 is 0 Å². The van der Waals surface area contributed by atoms with Gasteiger partial charge in [-0.2, -0.15) is 0 Å². The quantitative estimate of drug-likeness (QED) is 0.749. The molecule has 0 spiro atoms. The first-order valence-electron chi connectivity index (χ1n) is 7.85. The summed E-state index contributed by atoms with van der Waals surface area (Å²) in [6.45, 7) is 0. The van der Waals surface area contributed by atoms with Crippen molar-refractivity contribution >= 4 is 11.6 Å². The van der Waals surface area contributed by atoms with Crippen LogP contribution in [0.4, 0.5) is 10.1 Å². The highest BCUT2D eigenvalue weighted by atomic mass is 19.1. The van der Waals surface area contributed by atoms with Gasteiger partial charge in [0.05, 0.1) is 19.9 Å². The van der Waals surface area contributed by atoms with E-state index in [9.17, 15) is 9.18 Å². The number of methoxy groups -OCH3 is 2. The largest absolute Gasteiger partial charge is 0.497 e. The van der Waals surface area contributed by atoms with Crippen LogP contribution >= 0.6 is 0 Å². The highest BCUT2D eigenvalue weighted by Crippen LogP contribution is 2.26. The number of rotatable bonds is 5. The number of anilines is 1. The minimum atomic E-state index is -0.533. The molecule has 5 nitrogen and oxygen atoms in total. The molecule has 0 aliphatic rings. The van der Waals surface area contributed by atoms with Crippen LogP contribution in [0.5, 0.6) is 11.5 Å². The highest BCUT2D eigenvalue weighted by molar-refractivity contribution is 6.05. The third kappa shape index (κ3) is 3.80. The zero-order chi connectivity index (χ0) is 18.5. The van der Waals surface area contributed by atoms with Crippen molar-refractivity contribution < 1.29 is 18.7 Å². The van der Waals surface area contributed by atoms with Gasteiger partial charge in [-0.15, -0.1) is 0 Å². The second-order valence-corrected chi connectivity index (χ2v) is 5.49. The molecule has 132 valence electrons. The fourth-order valence-electron chi connectivity index (χ4n) is 2.46. The van der Waals surface area contributed by atoms with Crippen molar-refractivity contribution in [3.05, 3.63) is 72.3 Å². The lowest BCUT2D eigenvalue weighted by Crippen LogP contribution is -2.13. The van der Waals surface area contributed by atoms with Gasteiger partial charge in [-0.1, -0.05) is 12.1 Å². The number of carbonyl (C=O) groups excluding carboxylic acids is 1. The number of nitrogens with one attached hydrogen (secondary N) is 1. The van der Waals surface area contributed by atoms with Crippen LogP contribution in [0, 0.1) is 5.82 Å². The van der Waals surface area contributed by atoms with E-state index in [1.165, 1.54) is 26.4 Å². The summed E-state index contributed by atoms with van der Waals surface area (Å²) in [6, 6.07) is 13.0. The third-order valence-corrected chi connectivity index (χ3v) is 3.83. The molecule has 1 heterocycles. The lowest BCUT2D eigenvalue weighted by molar-refractivity contribution is 0.102. The normalized spacial score (nSPS) is 10.3. The van der Waals surface area contributed by atoms with E-state index in [0.717, 1.165) is 5.56 Å². The molecule has 0 aliphatic heterocycles. The average Bonchev–Trinajstić information content (AvgIpc) is 2.69. The van der Waals surface area contributed by atoms with Crippen LogP contribution in [-0.4, -0.2) is 25.1 Å². The van der Waals surface area contributed by atoms with Gasteiger partial charge in [0.1, 0.15) is 17.3 Å². The molecule has 3 rings (SSSR count). The molecule has 0 radical (unpaired) electrons. The molecule has 0 saturated heterocycles. The molecule has 0 unspecified atom stereocenters. The summed E-state index contributed by atoms with van der Waals surface area (Å²) in [5.74, 6) is -0.0476. The summed E-state index contributed by atoms with van der Waals surface area (Å²) in [5.41, 5.74) is 1.86. The van der Waals surface area contributed by atoms with E-state index in [1.807, 2.05) is 6.07 Å². The minimum Gasteiger partial charge on any atom is -0.497 e. The average molecular weight is 352 g/mol. The minimum absolute atomic E-state index is 0.0874. The van der Waals surface area contributed by atoms with Gasteiger partial charge in [0, 0.05) is 29.6 Å². The van der Waals surface area contributed by atoms with E-state index < -0.39 is 11.7 Å². The highest BCUT2D eigenvalue weighted by Gasteiger charge is 2.13. The van der Waals surface area contributed by atoms with Gasteiger partial charge in [-0.3, -0.25) is 9.78 Å². The van der Waals surface area contributed by atoms with Crippen LogP contribution in [0.2, 0.25) is 0 Å². The van der Waals surface area contributed by atoms with Crippen molar-refractivity contribution in [3.8, 4) is 22.6 Å². The van der Waals surface area contributed by atoms with Crippen LogP contribution in [-0.2, 0) is 0 Å². The Morgan fingerprint density at radius 2 is 1.73 bits per heavy atom. The molecule has 26 heavy (non-hydrogen) atoms. The summed E-state index contributed by atoms with van der Waals surface area (Å²) in [7, 11) is 2.99. The lowest BCUT2D eigenvalue weighted by Gasteiger charge is -2.11. The van der Waals surface area contributed by atoms with Crippen molar-refractivity contribution in [1.82, 2.24) is 4.98 Å². The van der Waals surface area contributed by atoms with Crippen LogP contribution in [0.3, 0.4) is 0 Å². The molecule has 0 bridgehead atoms. The fourth-order valence-corrected chi connectivity index (χ4v) is 2.46. The maximum absolute atomic E-state index is 14.4.